The van der Waals surface area contributed by atoms with Crippen molar-refractivity contribution in [2.24, 2.45) is 0 Å². The van der Waals surface area contributed by atoms with Gasteiger partial charge in [-0.05, 0) is 25.0 Å². The van der Waals surface area contributed by atoms with Crippen LogP contribution in [0, 0.1) is 12.7 Å². The smallest absolute Gasteiger partial charge is 0.256 e. The Morgan fingerprint density at radius 2 is 2.11 bits per heavy atom. The largest absolute Gasteiger partial charge is 0.338 e. The molecule has 1 heterocycles. The summed E-state index contributed by atoms with van der Waals surface area (Å²) in [5, 5.41) is 0. The number of hydrogen-bond acceptors (Lipinski definition) is 3. The van der Waals surface area contributed by atoms with Crippen molar-refractivity contribution in [1.82, 2.24) is 4.90 Å². The lowest BCUT2D eigenvalue weighted by Gasteiger charge is -2.23. The molecule has 4 nitrogen and oxygen atoms in total. The van der Waals surface area contributed by atoms with Crippen molar-refractivity contribution in [3.05, 3.63) is 35.1 Å². The third kappa shape index (κ3) is 2.78. The summed E-state index contributed by atoms with van der Waals surface area (Å²) in [6, 6.07) is 4.26. The van der Waals surface area contributed by atoms with Gasteiger partial charge in [0.1, 0.15) is 5.82 Å². The molecule has 1 aliphatic heterocycles. The minimum Gasteiger partial charge on any atom is -0.338 e. The van der Waals surface area contributed by atoms with Crippen molar-refractivity contribution in [2.45, 2.75) is 19.4 Å². The van der Waals surface area contributed by atoms with E-state index in [-0.39, 0.29) is 23.1 Å². The lowest BCUT2D eigenvalue weighted by atomic mass is 10.1. The topological polar surface area (TPSA) is 54.5 Å². The van der Waals surface area contributed by atoms with Gasteiger partial charge in [0.05, 0.1) is 17.1 Å². The number of halogens is 1. The molecular weight excluding hydrogens is 269 g/mol. The van der Waals surface area contributed by atoms with Gasteiger partial charge < -0.3 is 4.90 Å². The highest BCUT2D eigenvalue weighted by Gasteiger charge is 2.33. The molecule has 0 saturated carbocycles. The third-order valence-electron chi connectivity index (χ3n) is 3.50. The van der Waals surface area contributed by atoms with Gasteiger partial charge in [-0.25, -0.2) is 12.8 Å². The predicted molar refractivity (Wildman–Crippen MR) is 70.3 cm³/mol. The first-order valence-corrected chi connectivity index (χ1v) is 7.86. The molecule has 1 amide bonds. The van der Waals surface area contributed by atoms with Crippen molar-refractivity contribution >= 4 is 15.7 Å². The Morgan fingerprint density at radius 3 is 2.68 bits per heavy atom. The maximum absolute atomic E-state index is 13.9. The lowest BCUT2D eigenvalue weighted by molar-refractivity contribution is 0.0743. The molecule has 104 valence electrons. The Morgan fingerprint density at radius 1 is 1.42 bits per heavy atom. The number of sulfone groups is 1. The first-order valence-electron chi connectivity index (χ1n) is 6.04. The normalized spacial score (nSPS) is 21.3. The van der Waals surface area contributed by atoms with Gasteiger partial charge in [0.15, 0.2) is 9.84 Å². The van der Waals surface area contributed by atoms with Crippen LogP contribution in [0.5, 0.6) is 0 Å². The summed E-state index contributed by atoms with van der Waals surface area (Å²) < 4.78 is 36.7. The second kappa shape index (κ2) is 4.92. The van der Waals surface area contributed by atoms with Gasteiger partial charge in [0.25, 0.3) is 5.91 Å². The minimum absolute atomic E-state index is 0.00759. The van der Waals surface area contributed by atoms with Crippen LogP contribution in [0.4, 0.5) is 4.39 Å². The number of nitrogens with zero attached hydrogens (tertiary/aromatic N) is 1. The van der Waals surface area contributed by atoms with E-state index in [4.69, 9.17) is 0 Å². The quantitative estimate of drug-likeness (QED) is 0.825. The molecule has 0 bridgehead atoms. The highest BCUT2D eigenvalue weighted by Crippen LogP contribution is 2.20. The SMILES string of the molecule is Cc1cccc(C(=O)N(C)C2CCS(=O)(=O)C2)c1F. The third-order valence-corrected chi connectivity index (χ3v) is 5.25. The van der Waals surface area contributed by atoms with E-state index in [9.17, 15) is 17.6 Å². The Labute approximate surface area is 112 Å². The van der Waals surface area contributed by atoms with Crippen LogP contribution in [0.15, 0.2) is 18.2 Å². The first-order chi connectivity index (χ1) is 8.82. The highest BCUT2D eigenvalue weighted by molar-refractivity contribution is 7.91. The van der Waals surface area contributed by atoms with Gasteiger partial charge in [-0.3, -0.25) is 4.79 Å². The van der Waals surface area contributed by atoms with Crippen LogP contribution in [0.25, 0.3) is 0 Å². The highest BCUT2D eigenvalue weighted by atomic mass is 32.2. The maximum atomic E-state index is 13.9. The van der Waals surface area contributed by atoms with Crippen molar-refractivity contribution in [2.75, 3.05) is 18.6 Å². The Kier molecular flexibility index (Phi) is 3.62. The van der Waals surface area contributed by atoms with E-state index in [0.29, 0.717) is 12.0 Å². The molecule has 0 aliphatic carbocycles. The minimum atomic E-state index is -3.06. The fraction of sp³-hybridized carbons (Fsp3) is 0.462. The molecule has 1 fully saturated rings. The van der Waals surface area contributed by atoms with E-state index in [1.165, 1.54) is 18.0 Å². The molecule has 0 spiro atoms. The summed E-state index contributed by atoms with van der Waals surface area (Å²) in [7, 11) is -1.54. The molecule has 1 atom stereocenters. The zero-order valence-corrected chi connectivity index (χ0v) is 11.7. The number of amides is 1. The average Bonchev–Trinajstić information content (AvgIpc) is 2.71. The number of carbonyl (C=O) groups is 1. The molecule has 19 heavy (non-hydrogen) atoms. The molecular formula is C13H16FNO3S. The van der Waals surface area contributed by atoms with Crippen LogP contribution in [-0.2, 0) is 9.84 Å². The van der Waals surface area contributed by atoms with Gasteiger partial charge in [-0.2, -0.15) is 0 Å². The van der Waals surface area contributed by atoms with Crippen LogP contribution in [0.1, 0.15) is 22.3 Å². The van der Waals surface area contributed by atoms with Crippen LogP contribution < -0.4 is 0 Å². The van der Waals surface area contributed by atoms with Crippen molar-refractivity contribution in [3.8, 4) is 0 Å². The summed E-state index contributed by atoms with van der Waals surface area (Å²) in [5.74, 6) is -0.961. The van der Waals surface area contributed by atoms with E-state index in [1.807, 2.05) is 0 Å². The standard InChI is InChI=1S/C13H16FNO3S/c1-9-4-3-5-11(12(9)14)13(16)15(2)10-6-7-19(17,18)8-10/h3-5,10H,6-8H2,1-2H3. The summed E-state index contributed by atoms with van der Waals surface area (Å²) in [5.41, 5.74) is 0.394. The molecule has 1 aromatic rings. The predicted octanol–water partition coefficient (Wildman–Crippen LogP) is 1.39. The average molecular weight is 285 g/mol. The molecule has 0 radical (unpaired) electrons. The fourth-order valence-electron chi connectivity index (χ4n) is 2.25. The van der Waals surface area contributed by atoms with E-state index in [0.717, 1.165) is 0 Å². The first kappa shape index (κ1) is 14.0. The summed E-state index contributed by atoms with van der Waals surface area (Å²) in [4.78, 5) is 13.5. The van der Waals surface area contributed by atoms with Crippen LogP contribution in [0.2, 0.25) is 0 Å². The van der Waals surface area contributed by atoms with Crippen LogP contribution >= 0.6 is 0 Å². The number of aryl methyl sites for hydroxylation is 1. The summed E-state index contributed by atoms with van der Waals surface area (Å²) >= 11 is 0. The monoisotopic (exact) mass is 285 g/mol. The Bertz CT molecular complexity index is 612. The van der Waals surface area contributed by atoms with Gasteiger partial charge in [-0.1, -0.05) is 12.1 Å². The molecule has 1 aliphatic rings. The lowest BCUT2D eigenvalue weighted by Crippen LogP contribution is -2.38. The van der Waals surface area contributed by atoms with E-state index >= 15 is 0 Å². The molecule has 0 aromatic heterocycles. The van der Waals surface area contributed by atoms with Gasteiger partial charge in [0, 0.05) is 13.1 Å². The van der Waals surface area contributed by atoms with E-state index in [2.05, 4.69) is 0 Å². The van der Waals surface area contributed by atoms with Crippen LogP contribution in [0.3, 0.4) is 0 Å². The number of benzene rings is 1. The van der Waals surface area contributed by atoms with E-state index in [1.54, 1.807) is 19.1 Å². The second-order valence-electron chi connectivity index (χ2n) is 4.91. The summed E-state index contributed by atoms with van der Waals surface area (Å²) in [6.07, 6.45) is 0.415. The van der Waals surface area contributed by atoms with Crippen LogP contribution in [-0.4, -0.2) is 43.8 Å². The van der Waals surface area contributed by atoms with Gasteiger partial charge in [0.2, 0.25) is 0 Å². The van der Waals surface area contributed by atoms with E-state index < -0.39 is 21.6 Å². The number of hydrogen-bond donors (Lipinski definition) is 0. The second-order valence-corrected chi connectivity index (χ2v) is 7.14. The summed E-state index contributed by atoms with van der Waals surface area (Å²) in [6.45, 7) is 1.59. The molecule has 1 aromatic carbocycles. The van der Waals surface area contributed by atoms with Crippen molar-refractivity contribution in [3.63, 3.8) is 0 Å². The number of carbonyl (C=O) groups excluding carboxylic acids is 1. The fourth-order valence-corrected chi connectivity index (χ4v) is 4.02. The van der Waals surface area contributed by atoms with Crippen molar-refractivity contribution in [1.29, 1.82) is 0 Å². The Hall–Kier alpha value is -1.43. The molecule has 2 rings (SSSR count). The molecule has 6 heteroatoms. The molecule has 0 N–H and O–H groups in total. The molecule has 1 saturated heterocycles. The molecule has 1 unspecified atom stereocenters. The van der Waals surface area contributed by atoms with Gasteiger partial charge >= 0.3 is 0 Å². The van der Waals surface area contributed by atoms with Gasteiger partial charge in [-0.15, -0.1) is 0 Å². The zero-order chi connectivity index (χ0) is 14.2. The Balaban J connectivity index is 2.23. The van der Waals surface area contributed by atoms with Crippen molar-refractivity contribution < 1.29 is 17.6 Å². The number of rotatable bonds is 2. The zero-order valence-electron chi connectivity index (χ0n) is 10.9. The maximum Gasteiger partial charge on any atom is 0.256 e.